The summed E-state index contributed by atoms with van der Waals surface area (Å²) in [6.07, 6.45) is 3.14. The summed E-state index contributed by atoms with van der Waals surface area (Å²) in [4.78, 5) is 19.6. The lowest BCUT2D eigenvalue weighted by molar-refractivity contribution is 0.819. The quantitative estimate of drug-likeness (QED) is 0.723. The van der Waals surface area contributed by atoms with Crippen molar-refractivity contribution < 1.29 is 0 Å². The van der Waals surface area contributed by atoms with Crippen LogP contribution < -0.4 is 5.56 Å². The number of H-pyrrole nitrogens is 1. The fourth-order valence-electron chi connectivity index (χ4n) is 1.17. The summed E-state index contributed by atoms with van der Waals surface area (Å²) in [6, 6.07) is 0. The summed E-state index contributed by atoms with van der Waals surface area (Å²) in [5.74, 6) is 0.297. The Kier molecular flexibility index (Phi) is 1.99. The van der Waals surface area contributed by atoms with Gasteiger partial charge >= 0.3 is 0 Å². The van der Waals surface area contributed by atoms with Gasteiger partial charge < -0.3 is 0 Å². The summed E-state index contributed by atoms with van der Waals surface area (Å²) in [7, 11) is 0. The molecule has 2 aromatic heterocycles. The molecular formula is C9H10N4O. The average Bonchev–Trinajstić information content (AvgIpc) is 2.17. The molecule has 2 heterocycles. The second-order valence-electron chi connectivity index (χ2n) is 3.38. The summed E-state index contributed by atoms with van der Waals surface area (Å²) in [6.45, 7) is 4.05. The van der Waals surface area contributed by atoms with Crippen molar-refractivity contribution in [1.29, 1.82) is 0 Å². The third-order valence-corrected chi connectivity index (χ3v) is 1.98. The van der Waals surface area contributed by atoms with Gasteiger partial charge in [-0.05, 0) is 5.92 Å². The number of nitrogens with one attached hydrogen (secondary N) is 1. The van der Waals surface area contributed by atoms with Gasteiger partial charge in [-0.1, -0.05) is 13.8 Å². The Morgan fingerprint density at radius 3 is 2.86 bits per heavy atom. The molecule has 2 aromatic rings. The Morgan fingerprint density at radius 2 is 2.14 bits per heavy atom. The molecule has 0 saturated carbocycles. The van der Waals surface area contributed by atoms with Crippen molar-refractivity contribution in [3.8, 4) is 0 Å². The molecule has 2 rings (SSSR count). The number of nitrogens with zero attached hydrogens (tertiary/aromatic N) is 3. The van der Waals surface area contributed by atoms with Crippen LogP contribution in [0.4, 0.5) is 0 Å². The first kappa shape index (κ1) is 8.80. The molecule has 0 atom stereocenters. The zero-order chi connectivity index (χ0) is 10.1. The second-order valence-corrected chi connectivity index (χ2v) is 3.38. The van der Waals surface area contributed by atoms with Gasteiger partial charge in [-0.3, -0.25) is 4.79 Å². The van der Waals surface area contributed by atoms with E-state index in [1.54, 1.807) is 6.20 Å². The molecule has 5 nitrogen and oxygen atoms in total. The van der Waals surface area contributed by atoms with E-state index in [0.29, 0.717) is 17.0 Å². The van der Waals surface area contributed by atoms with Crippen LogP contribution in [0.15, 0.2) is 17.2 Å². The Bertz CT molecular complexity index is 517. The van der Waals surface area contributed by atoms with Crippen molar-refractivity contribution in [2.24, 2.45) is 0 Å². The predicted molar refractivity (Wildman–Crippen MR) is 52.0 cm³/mol. The van der Waals surface area contributed by atoms with Crippen LogP contribution in [0.5, 0.6) is 0 Å². The van der Waals surface area contributed by atoms with Crippen LogP contribution in [0.1, 0.15) is 25.5 Å². The van der Waals surface area contributed by atoms with E-state index >= 15 is 0 Å². The fraction of sp³-hybridized carbons (Fsp3) is 0.333. The van der Waals surface area contributed by atoms with Crippen molar-refractivity contribution in [2.45, 2.75) is 19.8 Å². The Balaban J connectivity index is 2.74. The fourth-order valence-corrected chi connectivity index (χ4v) is 1.17. The minimum Gasteiger partial charge on any atom is -0.265 e. The highest BCUT2D eigenvalue weighted by molar-refractivity contribution is 5.71. The van der Waals surface area contributed by atoms with Gasteiger partial charge in [-0.15, -0.1) is 0 Å². The van der Waals surface area contributed by atoms with E-state index in [4.69, 9.17) is 0 Å². The van der Waals surface area contributed by atoms with E-state index in [0.717, 1.165) is 5.69 Å². The number of rotatable bonds is 1. The van der Waals surface area contributed by atoms with E-state index in [9.17, 15) is 4.79 Å². The highest BCUT2D eigenvalue weighted by Gasteiger charge is 2.05. The highest BCUT2D eigenvalue weighted by Crippen LogP contribution is 2.11. The SMILES string of the molecule is CC(C)c1cnc2c(=O)[nH]ncc2n1. The number of aromatic amines is 1. The van der Waals surface area contributed by atoms with Crippen LogP contribution in [0.3, 0.4) is 0 Å². The molecule has 0 aliphatic rings. The maximum Gasteiger partial charge on any atom is 0.292 e. The molecule has 0 spiro atoms. The van der Waals surface area contributed by atoms with Crippen LogP contribution in [-0.2, 0) is 0 Å². The van der Waals surface area contributed by atoms with Gasteiger partial charge in [-0.2, -0.15) is 5.10 Å². The van der Waals surface area contributed by atoms with Gasteiger partial charge in [0.15, 0.2) is 5.52 Å². The molecular weight excluding hydrogens is 180 g/mol. The molecule has 72 valence electrons. The van der Waals surface area contributed by atoms with E-state index in [2.05, 4.69) is 20.2 Å². The smallest absolute Gasteiger partial charge is 0.265 e. The first-order chi connectivity index (χ1) is 6.68. The van der Waals surface area contributed by atoms with Gasteiger partial charge in [0, 0.05) is 6.20 Å². The molecule has 0 aliphatic carbocycles. The zero-order valence-corrected chi connectivity index (χ0v) is 7.98. The minimum absolute atomic E-state index is 0.297. The van der Waals surface area contributed by atoms with Gasteiger partial charge in [0.05, 0.1) is 11.9 Å². The molecule has 0 saturated heterocycles. The minimum atomic E-state index is -0.301. The maximum atomic E-state index is 11.2. The number of aromatic nitrogens is 4. The molecule has 0 aliphatic heterocycles. The molecule has 1 N–H and O–H groups in total. The molecule has 0 aromatic carbocycles. The van der Waals surface area contributed by atoms with Crippen molar-refractivity contribution in [1.82, 2.24) is 20.2 Å². The Hall–Kier alpha value is -1.78. The van der Waals surface area contributed by atoms with Crippen LogP contribution in [0, 0.1) is 0 Å². The normalized spacial score (nSPS) is 11.1. The van der Waals surface area contributed by atoms with Crippen LogP contribution in [-0.4, -0.2) is 20.2 Å². The van der Waals surface area contributed by atoms with Gasteiger partial charge in [0.25, 0.3) is 5.56 Å². The van der Waals surface area contributed by atoms with Gasteiger partial charge in [0.1, 0.15) is 5.52 Å². The number of hydrogen-bond donors (Lipinski definition) is 1. The van der Waals surface area contributed by atoms with Crippen LogP contribution in [0.2, 0.25) is 0 Å². The second kappa shape index (κ2) is 3.17. The summed E-state index contributed by atoms with van der Waals surface area (Å²) in [5.41, 5.74) is 1.44. The molecule has 0 radical (unpaired) electrons. The van der Waals surface area contributed by atoms with Crippen LogP contribution >= 0.6 is 0 Å². The largest absolute Gasteiger partial charge is 0.292 e. The Morgan fingerprint density at radius 1 is 1.36 bits per heavy atom. The van der Waals surface area contributed by atoms with Gasteiger partial charge in [-0.25, -0.2) is 15.1 Å². The molecule has 0 bridgehead atoms. The zero-order valence-electron chi connectivity index (χ0n) is 7.98. The standard InChI is InChI=1S/C9H10N4O/c1-5(2)6-3-10-8-7(12-6)4-11-13-9(8)14/h3-5H,1-2H3,(H,13,14). The summed E-state index contributed by atoms with van der Waals surface area (Å²) >= 11 is 0. The number of hydrogen-bond acceptors (Lipinski definition) is 4. The lowest BCUT2D eigenvalue weighted by Crippen LogP contribution is -2.10. The monoisotopic (exact) mass is 190 g/mol. The molecule has 0 unspecified atom stereocenters. The maximum absolute atomic E-state index is 11.2. The van der Waals surface area contributed by atoms with E-state index in [1.807, 2.05) is 13.8 Å². The van der Waals surface area contributed by atoms with E-state index in [1.165, 1.54) is 6.20 Å². The average molecular weight is 190 g/mol. The molecule has 0 amide bonds. The lowest BCUT2D eigenvalue weighted by atomic mass is 10.1. The third kappa shape index (κ3) is 1.37. The summed E-state index contributed by atoms with van der Waals surface area (Å²) in [5, 5.41) is 5.99. The van der Waals surface area contributed by atoms with Crippen LogP contribution in [0.25, 0.3) is 11.0 Å². The van der Waals surface area contributed by atoms with Crippen molar-refractivity contribution >= 4 is 11.0 Å². The van der Waals surface area contributed by atoms with E-state index < -0.39 is 0 Å². The highest BCUT2D eigenvalue weighted by atomic mass is 16.1. The lowest BCUT2D eigenvalue weighted by Gasteiger charge is -2.03. The molecule has 5 heteroatoms. The molecule has 14 heavy (non-hydrogen) atoms. The van der Waals surface area contributed by atoms with Crippen molar-refractivity contribution in [3.05, 3.63) is 28.4 Å². The van der Waals surface area contributed by atoms with Crippen molar-refractivity contribution in [2.75, 3.05) is 0 Å². The van der Waals surface area contributed by atoms with E-state index in [-0.39, 0.29) is 5.56 Å². The topological polar surface area (TPSA) is 71.5 Å². The molecule has 0 fully saturated rings. The number of fused-ring (bicyclic) bond motifs is 1. The first-order valence-corrected chi connectivity index (χ1v) is 4.39. The third-order valence-electron chi connectivity index (χ3n) is 1.98. The predicted octanol–water partition coefficient (Wildman–Crippen LogP) is 0.836. The summed E-state index contributed by atoms with van der Waals surface area (Å²) < 4.78 is 0. The first-order valence-electron chi connectivity index (χ1n) is 4.39. The van der Waals surface area contributed by atoms with Crippen molar-refractivity contribution in [3.63, 3.8) is 0 Å². The van der Waals surface area contributed by atoms with Gasteiger partial charge in [0.2, 0.25) is 0 Å². The Labute approximate surface area is 80.2 Å².